The van der Waals surface area contributed by atoms with Gasteiger partial charge in [-0.1, -0.05) is 39.3 Å². The zero-order valence-corrected chi connectivity index (χ0v) is 14.8. The van der Waals surface area contributed by atoms with Crippen molar-refractivity contribution >= 4 is 0 Å². The molecule has 0 aromatic rings. The van der Waals surface area contributed by atoms with Crippen molar-refractivity contribution in [1.82, 2.24) is 5.32 Å². The van der Waals surface area contributed by atoms with Gasteiger partial charge in [-0.05, 0) is 68.7 Å². The Labute approximate surface area is 132 Å². The fourth-order valence-electron chi connectivity index (χ4n) is 3.65. The van der Waals surface area contributed by atoms with E-state index in [2.05, 4.69) is 39.6 Å². The molecular formula is C19H37NO. The van der Waals surface area contributed by atoms with Crippen LogP contribution in [0.15, 0.2) is 12.2 Å². The second-order valence-corrected chi connectivity index (χ2v) is 8.11. The molecule has 0 spiro atoms. The summed E-state index contributed by atoms with van der Waals surface area (Å²) >= 11 is 0. The van der Waals surface area contributed by atoms with Crippen LogP contribution < -0.4 is 5.32 Å². The molecule has 21 heavy (non-hydrogen) atoms. The van der Waals surface area contributed by atoms with Crippen molar-refractivity contribution in [3.05, 3.63) is 12.2 Å². The second kappa shape index (κ2) is 8.33. The summed E-state index contributed by atoms with van der Waals surface area (Å²) in [6.07, 6.45) is 8.56. The molecular weight excluding hydrogens is 258 g/mol. The van der Waals surface area contributed by atoms with Crippen LogP contribution in [0.2, 0.25) is 0 Å². The van der Waals surface area contributed by atoms with E-state index in [4.69, 9.17) is 5.11 Å². The molecule has 0 aromatic carbocycles. The molecule has 0 saturated carbocycles. The largest absolute Gasteiger partial charge is 0.396 e. The number of aliphatic hydroxyl groups is 1. The second-order valence-electron chi connectivity index (χ2n) is 8.11. The number of hydrogen-bond donors (Lipinski definition) is 2. The van der Waals surface area contributed by atoms with Gasteiger partial charge in [-0.25, -0.2) is 0 Å². The smallest absolute Gasteiger partial charge is 0.0433 e. The van der Waals surface area contributed by atoms with E-state index in [1.54, 1.807) is 0 Å². The summed E-state index contributed by atoms with van der Waals surface area (Å²) in [5.41, 5.74) is 1.95. The monoisotopic (exact) mass is 295 g/mol. The van der Waals surface area contributed by atoms with Crippen LogP contribution in [0.3, 0.4) is 0 Å². The van der Waals surface area contributed by atoms with Gasteiger partial charge < -0.3 is 10.4 Å². The van der Waals surface area contributed by atoms with Gasteiger partial charge in [0.25, 0.3) is 0 Å². The van der Waals surface area contributed by atoms with Gasteiger partial charge in [0.1, 0.15) is 0 Å². The van der Waals surface area contributed by atoms with Crippen molar-refractivity contribution in [3.8, 4) is 0 Å². The lowest BCUT2D eigenvalue weighted by molar-refractivity contribution is 0.182. The molecule has 1 heterocycles. The van der Waals surface area contributed by atoms with Gasteiger partial charge in [0, 0.05) is 13.2 Å². The number of allylic oxidation sites excluding steroid dienone is 1. The highest BCUT2D eigenvalue weighted by Crippen LogP contribution is 2.42. The van der Waals surface area contributed by atoms with Crippen LogP contribution in [0.4, 0.5) is 0 Å². The summed E-state index contributed by atoms with van der Waals surface area (Å²) in [6, 6.07) is 0. The third-order valence-corrected chi connectivity index (χ3v) is 5.67. The van der Waals surface area contributed by atoms with Gasteiger partial charge in [0.15, 0.2) is 0 Å². The SMILES string of the molecule is C=C(C)C(C)(CCC1(C)CCCCNC1)CC(C)CCO. The summed E-state index contributed by atoms with van der Waals surface area (Å²) in [7, 11) is 0. The number of nitrogens with one attached hydrogen (secondary N) is 1. The van der Waals surface area contributed by atoms with E-state index in [-0.39, 0.29) is 5.41 Å². The number of aliphatic hydroxyl groups excluding tert-OH is 1. The van der Waals surface area contributed by atoms with Gasteiger partial charge in [-0.2, -0.15) is 0 Å². The van der Waals surface area contributed by atoms with Gasteiger partial charge in [-0.3, -0.25) is 0 Å². The Morgan fingerprint density at radius 3 is 2.76 bits per heavy atom. The Morgan fingerprint density at radius 1 is 1.43 bits per heavy atom. The van der Waals surface area contributed by atoms with E-state index in [1.807, 2.05) is 0 Å². The summed E-state index contributed by atoms with van der Waals surface area (Å²) in [6.45, 7) is 16.2. The first kappa shape index (κ1) is 18.7. The molecule has 0 bridgehead atoms. The predicted octanol–water partition coefficient (Wildman–Crippen LogP) is 4.54. The highest BCUT2D eigenvalue weighted by atomic mass is 16.3. The predicted molar refractivity (Wildman–Crippen MR) is 92.5 cm³/mol. The maximum absolute atomic E-state index is 9.15. The van der Waals surface area contributed by atoms with Crippen LogP contribution in [0.5, 0.6) is 0 Å². The standard InChI is InChI=1S/C19H37NO/c1-16(2)19(5,14-17(3)8-13-21)11-10-18(4)9-6-7-12-20-15-18/h17,20-21H,1,6-15H2,2-5H3. The van der Waals surface area contributed by atoms with E-state index in [0.717, 1.165) is 19.4 Å². The molecule has 3 unspecified atom stereocenters. The average molecular weight is 296 g/mol. The molecule has 124 valence electrons. The lowest BCUT2D eigenvalue weighted by Gasteiger charge is -2.37. The Hall–Kier alpha value is -0.340. The summed E-state index contributed by atoms with van der Waals surface area (Å²) < 4.78 is 0. The zero-order valence-electron chi connectivity index (χ0n) is 14.8. The van der Waals surface area contributed by atoms with Crippen molar-refractivity contribution in [3.63, 3.8) is 0 Å². The Balaban J connectivity index is 2.62. The third-order valence-electron chi connectivity index (χ3n) is 5.67. The first-order chi connectivity index (χ1) is 9.81. The fraction of sp³-hybridized carbons (Fsp3) is 0.895. The molecule has 1 fully saturated rings. The number of rotatable bonds is 8. The molecule has 1 saturated heterocycles. The van der Waals surface area contributed by atoms with E-state index in [1.165, 1.54) is 44.2 Å². The minimum atomic E-state index is 0.212. The zero-order chi connectivity index (χ0) is 15.9. The Bertz CT molecular complexity index is 318. The molecule has 0 aliphatic carbocycles. The van der Waals surface area contributed by atoms with Crippen LogP contribution in [-0.2, 0) is 0 Å². The summed E-state index contributed by atoms with van der Waals surface area (Å²) in [5, 5.41) is 12.8. The lowest BCUT2D eigenvalue weighted by atomic mass is 9.68. The third kappa shape index (κ3) is 6.12. The Morgan fingerprint density at radius 2 is 2.14 bits per heavy atom. The normalized spacial score (nSPS) is 27.7. The minimum absolute atomic E-state index is 0.212. The van der Waals surface area contributed by atoms with Crippen molar-refractivity contribution in [2.45, 2.75) is 72.6 Å². The lowest BCUT2D eigenvalue weighted by Crippen LogP contribution is -2.32. The quantitative estimate of drug-likeness (QED) is 0.644. The minimum Gasteiger partial charge on any atom is -0.396 e. The van der Waals surface area contributed by atoms with Crippen molar-refractivity contribution in [2.75, 3.05) is 19.7 Å². The van der Waals surface area contributed by atoms with Crippen LogP contribution in [0, 0.1) is 16.7 Å². The van der Waals surface area contributed by atoms with E-state index in [9.17, 15) is 0 Å². The topological polar surface area (TPSA) is 32.3 Å². The van der Waals surface area contributed by atoms with Crippen molar-refractivity contribution < 1.29 is 5.11 Å². The highest BCUT2D eigenvalue weighted by Gasteiger charge is 2.32. The first-order valence-electron chi connectivity index (χ1n) is 8.79. The molecule has 0 radical (unpaired) electrons. The molecule has 1 aliphatic rings. The van der Waals surface area contributed by atoms with Crippen LogP contribution in [0.25, 0.3) is 0 Å². The molecule has 1 aliphatic heterocycles. The van der Waals surface area contributed by atoms with E-state index < -0.39 is 0 Å². The van der Waals surface area contributed by atoms with E-state index >= 15 is 0 Å². The Kier molecular flexibility index (Phi) is 7.42. The van der Waals surface area contributed by atoms with Gasteiger partial charge in [0.2, 0.25) is 0 Å². The maximum Gasteiger partial charge on any atom is 0.0433 e. The molecule has 3 atom stereocenters. The van der Waals surface area contributed by atoms with Gasteiger partial charge in [-0.15, -0.1) is 0 Å². The highest BCUT2D eigenvalue weighted by molar-refractivity contribution is 5.06. The average Bonchev–Trinajstić information content (AvgIpc) is 2.62. The molecule has 2 nitrogen and oxygen atoms in total. The van der Waals surface area contributed by atoms with Crippen molar-refractivity contribution in [2.24, 2.45) is 16.7 Å². The number of hydrogen-bond acceptors (Lipinski definition) is 2. The molecule has 2 heteroatoms. The van der Waals surface area contributed by atoms with Crippen molar-refractivity contribution in [1.29, 1.82) is 0 Å². The first-order valence-corrected chi connectivity index (χ1v) is 8.79. The van der Waals surface area contributed by atoms with Crippen LogP contribution in [-0.4, -0.2) is 24.8 Å². The fourth-order valence-corrected chi connectivity index (χ4v) is 3.65. The summed E-state index contributed by atoms with van der Waals surface area (Å²) in [4.78, 5) is 0. The van der Waals surface area contributed by atoms with Gasteiger partial charge >= 0.3 is 0 Å². The van der Waals surface area contributed by atoms with Gasteiger partial charge in [0.05, 0.1) is 0 Å². The molecule has 1 rings (SSSR count). The molecule has 0 amide bonds. The maximum atomic E-state index is 9.15. The van der Waals surface area contributed by atoms with E-state index in [0.29, 0.717) is 17.9 Å². The summed E-state index contributed by atoms with van der Waals surface area (Å²) in [5.74, 6) is 0.566. The molecule has 2 N–H and O–H groups in total. The van der Waals surface area contributed by atoms with Crippen LogP contribution >= 0.6 is 0 Å². The molecule has 0 aromatic heterocycles. The van der Waals surface area contributed by atoms with Crippen LogP contribution in [0.1, 0.15) is 72.6 Å².